The summed E-state index contributed by atoms with van der Waals surface area (Å²) >= 11 is 0. The Morgan fingerprint density at radius 3 is 2.82 bits per heavy atom. The molecule has 53 valence electrons. The minimum atomic E-state index is 0.915. The predicted octanol–water partition coefficient (Wildman–Crippen LogP) is 2.10. The molecule has 0 unspecified atom stereocenters. The lowest BCUT2D eigenvalue weighted by molar-refractivity contribution is 1.56. The van der Waals surface area contributed by atoms with Crippen LogP contribution in [0.5, 0.6) is 0 Å². The molecular weight excluding hydrogens is 148 g/mol. The maximum Gasteiger partial charge on any atom is 0.0166 e. The molecule has 0 fully saturated rings. The van der Waals surface area contributed by atoms with Crippen LogP contribution in [-0.2, 0) is 0 Å². The summed E-state index contributed by atoms with van der Waals surface area (Å²) in [6.07, 6.45) is 2.24. The summed E-state index contributed by atoms with van der Waals surface area (Å²) < 4.78 is 0. The number of allylic oxidation sites excluding steroid dienone is 1. The van der Waals surface area contributed by atoms with Crippen molar-refractivity contribution in [2.24, 2.45) is 0 Å². The Kier molecular flexibility index (Phi) is 1.58. The second kappa shape index (κ2) is 2.59. The molecule has 0 N–H and O–H groups in total. The summed E-state index contributed by atoms with van der Waals surface area (Å²) in [5, 5.41) is 0. The van der Waals surface area contributed by atoms with Gasteiger partial charge in [0.2, 0.25) is 0 Å². The fraction of sp³-hybridized carbons (Fsp3) is 0.100. The highest BCUT2D eigenvalue weighted by molar-refractivity contribution is 6.57. The lowest BCUT2D eigenvalue weighted by atomic mass is 9.90. The summed E-state index contributed by atoms with van der Waals surface area (Å²) in [6, 6.07) is 8.52. The fourth-order valence-corrected chi connectivity index (χ4v) is 1.88. The fourth-order valence-electron chi connectivity index (χ4n) is 1.33. The summed E-state index contributed by atoms with van der Waals surface area (Å²) in [4.78, 5) is 0. The number of fused-ring (bicyclic) bond motifs is 1. The van der Waals surface area contributed by atoms with E-state index in [-0.39, 0.29) is 0 Å². The van der Waals surface area contributed by atoms with E-state index in [1.54, 1.807) is 0 Å². The zero-order valence-electron chi connectivity index (χ0n) is 6.46. The smallest absolute Gasteiger partial charge is 0.0166 e. The van der Waals surface area contributed by atoms with E-state index >= 15 is 0 Å². The van der Waals surface area contributed by atoms with Crippen LogP contribution in [-0.4, -0.2) is 14.8 Å². The molecule has 0 aromatic heterocycles. The van der Waals surface area contributed by atoms with Gasteiger partial charge in [0.1, 0.15) is 0 Å². The molecule has 0 saturated carbocycles. The first kappa shape index (κ1) is 6.74. The van der Waals surface area contributed by atoms with Crippen molar-refractivity contribution in [2.45, 2.75) is 6.55 Å². The van der Waals surface area contributed by atoms with Crippen molar-refractivity contribution in [3.05, 3.63) is 35.4 Å². The van der Waals surface area contributed by atoms with Crippen LogP contribution in [0.25, 0.3) is 11.6 Å². The van der Waals surface area contributed by atoms with E-state index in [1.807, 2.05) is 0 Å². The molecule has 1 radical (unpaired) electrons. The second-order valence-corrected chi connectivity index (χ2v) is 3.49. The SMILES string of the molecule is C[Si]=CC1=Cc2ccccc21. The molecule has 0 aliphatic heterocycles. The van der Waals surface area contributed by atoms with Crippen molar-refractivity contribution < 1.29 is 0 Å². The second-order valence-electron chi connectivity index (χ2n) is 2.62. The maximum absolute atomic E-state index is 2.29. The molecule has 0 spiro atoms. The monoisotopic (exact) mass is 157 g/mol. The van der Waals surface area contributed by atoms with E-state index in [4.69, 9.17) is 0 Å². The van der Waals surface area contributed by atoms with Crippen molar-refractivity contribution in [2.75, 3.05) is 0 Å². The van der Waals surface area contributed by atoms with Gasteiger partial charge >= 0.3 is 0 Å². The maximum atomic E-state index is 2.29. The zero-order valence-corrected chi connectivity index (χ0v) is 7.46. The van der Waals surface area contributed by atoms with Gasteiger partial charge in [-0.15, -0.1) is 0 Å². The molecule has 0 atom stereocenters. The van der Waals surface area contributed by atoms with E-state index in [2.05, 4.69) is 42.6 Å². The van der Waals surface area contributed by atoms with Gasteiger partial charge in [0.25, 0.3) is 0 Å². The third-order valence-corrected chi connectivity index (χ3v) is 2.48. The van der Waals surface area contributed by atoms with Crippen molar-refractivity contribution >= 4 is 26.5 Å². The van der Waals surface area contributed by atoms with Crippen LogP contribution in [0.2, 0.25) is 6.55 Å². The first-order valence-electron chi connectivity index (χ1n) is 3.73. The molecule has 1 aliphatic rings. The van der Waals surface area contributed by atoms with Crippen LogP contribution >= 0.6 is 0 Å². The van der Waals surface area contributed by atoms with Gasteiger partial charge in [-0.05, 0) is 22.8 Å². The van der Waals surface area contributed by atoms with Crippen molar-refractivity contribution in [1.82, 2.24) is 0 Å². The average molecular weight is 157 g/mol. The molecule has 0 nitrogen and oxygen atoms in total. The third-order valence-electron chi connectivity index (χ3n) is 1.88. The molecule has 0 heterocycles. The Morgan fingerprint density at radius 2 is 2.09 bits per heavy atom. The van der Waals surface area contributed by atoms with Crippen molar-refractivity contribution in [3.8, 4) is 0 Å². The average Bonchev–Trinajstić information content (AvgIpc) is 2.01. The van der Waals surface area contributed by atoms with Crippen LogP contribution in [0, 0.1) is 0 Å². The quantitative estimate of drug-likeness (QED) is 0.548. The lowest BCUT2D eigenvalue weighted by Crippen LogP contribution is -1.99. The highest BCUT2D eigenvalue weighted by Gasteiger charge is 2.10. The Hall–Kier alpha value is -0.953. The normalized spacial score (nSPS) is 14.1. The molecule has 1 aromatic rings. The number of benzene rings is 1. The summed E-state index contributed by atoms with van der Waals surface area (Å²) in [5.74, 6) is 0. The molecule has 0 saturated heterocycles. The minimum absolute atomic E-state index is 0.915. The van der Waals surface area contributed by atoms with E-state index in [0.29, 0.717) is 0 Å². The zero-order chi connectivity index (χ0) is 7.68. The van der Waals surface area contributed by atoms with E-state index in [0.717, 1.165) is 9.13 Å². The predicted molar refractivity (Wildman–Crippen MR) is 52.0 cm³/mol. The van der Waals surface area contributed by atoms with E-state index in [1.165, 1.54) is 16.7 Å². The van der Waals surface area contributed by atoms with Crippen LogP contribution in [0.1, 0.15) is 11.1 Å². The van der Waals surface area contributed by atoms with Crippen LogP contribution in [0.15, 0.2) is 24.3 Å². The number of hydrogen-bond acceptors (Lipinski definition) is 0. The van der Waals surface area contributed by atoms with E-state index in [9.17, 15) is 0 Å². The topological polar surface area (TPSA) is 0 Å². The summed E-state index contributed by atoms with van der Waals surface area (Å²) in [5.41, 5.74) is 6.52. The highest BCUT2D eigenvalue weighted by atomic mass is 28.2. The van der Waals surface area contributed by atoms with Gasteiger partial charge in [0, 0.05) is 9.13 Å². The van der Waals surface area contributed by atoms with Gasteiger partial charge in [0.15, 0.2) is 0 Å². The van der Waals surface area contributed by atoms with Crippen LogP contribution in [0.3, 0.4) is 0 Å². The first-order chi connectivity index (χ1) is 5.42. The van der Waals surface area contributed by atoms with Gasteiger partial charge in [-0.3, -0.25) is 0 Å². The van der Waals surface area contributed by atoms with Crippen LogP contribution in [0.4, 0.5) is 0 Å². The molecular formula is C10H9Si. The lowest BCUT2D eigenvalue weighted by Gasteiger charge is -2.16. The Balaban J connectivity index is 2.38. The Labute approximate surface area is 69.0 Å². The summed E-state index contributed by atoms with van der Waals surface area (Å²) in [6.45, 7) is 2.20. The Morgan fingerprint density at radius 1 is 1.27 bits per heavy atom. The molecule has 11 heavy (non-hydrogen) atoms. The van der Waals surface area contributed by atoms with E-state index < -0.39 is 0 Å². The van der Waals surface area contributed by atoms with Crippen LogP contribution < -0.4 is 0 Å². The summed E-state index contributed by atoms with van der Waals surface area (Å²) in [7, 11) is 0.915. The molecule has 0 bridgehead atoms. The largest absolute Gasteiger partial charge is 0.0738 e. The molecule has 0 amide bonds. The van der Waals surface area contributed by atoms with Gasteiger partial charge in [0.05, 0.1) is 0 Å². The highest BCUT2D eigenvalue weighted by Crippen LogP contribution is 2.29. The molecule has 2 rings (SSSR count). The van der Waals surface area contributed by atoms with Gasteiger partial charge in [-0.1, -0.05) is 36.5 Å². The van der Waals surface area contributed by atoms with Crippen molar-refractivity contribution in [1.29, 1.82) is 0 Å². The molecule has 1 heteroatoms. The number of hydrogen-bond donors (Lipinski definition) is 0. The standard InChI is InChI=1S/C10H9Si/c1-11-7-9-6-8-4-2-3-5-10(8)9/h2-7H,1H3. The third kappa shape index (κ3) is 1.01. The van der Waals surface area contributed by atoms with Gasteiger partial charge in [-0.25, -0.2) is 0 Å². The van der Waals surface area contributed by atoms with Gasteiger partial charge < -0.3 is 0 Å². The van der Waals surface area contributed by atoms with Crippen molar-refractivity contribution in [3.63, 3.8) is 0 Å². The first-order valence-corrected chi connectivity index (χ1v) is 5.31. The molecule has 1 aromatic carbocycles. The number of rotatable bonds is 1. The molecule has 1 aliphatic carbocycles. The minimum Gasteiger partial charge on any atom is -0.0738 e. The van der Waals surface area contributed by atoms with Gasteiger partial charge in [-0.2, -0.15) is 0 Å². The Bertz CT molecular complexity index is 334.